The molecule has 0 saturated heterocycles. The number of carboxylic acid groups (broad SMARTS) is 1. The monoisotopic (exact) mass is 250 g/mol. The number of halogens is 1. The fourth-order valence-corrected chi connectivity index (χ4v) is 1.88. The zero-order valence-corrected chi connectivity index (χ0v) is 9.74. The lowest BCUT2D eigenvalue weighted by Crippen LogP contribution is -1.99. The Bertz CT molecular complexity index is 537. The van der Waals surface area contributed by atoms with E-state index in [0.717, 1.165) is 16.8 Å². The van der Waals surface area contributed by atoms with Gasteiger partial charge in [-0.1, -0.05) is 29.8 Å². The summed E-state index contributed by atoms with van der Waals surface area (Å²) in [4.78, 5) is 10.5. The average Bonchev–Trinajstić information content (AvgIpc) is 2.75. The molecule has 0 radical (unpaired) electrons. The Morgan fingerprint density at radius 2 is 2.12 bits per heavy atom. The number of aromatic amines is 1. The Hall–Kier alpha value is -1.81. The van der Waals surface area contributed by atoms with Gasteiger partial charge in [-0.2, -0.15) is 5.10 Å². The maximum absolute atomic E-state index is 10.5. The topological polar surface area (TPSA) is 66.0 Å². The number of nitrogens with zero attached hydrogens (tertiary/aromatic N) is 1. The molecule has 1 aromatic carbocycles. The molecule has 88 valence electrons. The van der Waals surface area contributed by atoms with E-state index in [0.29, 0.717) is 11.4 Å². The van der Waals surface area contributed by atoms with E-state index in [4.69, 9.17) is 16.7 Å². The lowest BCUT2D eigenvalue weighted by atomic mass is 10.0. The van der Waals surface area contributed by atoms with Crippen LogP contribution in [0.25, 0.3) is 11.1 Å². The summed E-state index contributed by atoms with van der Waals surface area (Å²) in [5, 5.41) is 16.1. The molecule has 0 unspecified atom stereocenters. The van der Waals surface area contributed by atoms with E-state index in [9.17, 15) is 4.79 Å². The molecule has 1 aromatic heterocycles. The van der Waals surface area contributed by atoms with Crippen LogP contribution >= 0.6 is 11.6 Å². The van der Waals surface area contributed by atoms with Crippen LogP contribution in [0.2, 0.25) is 5.02 Å². The number of hydrogen-bond acceptors (Lipinski definition) is 2. The van der Waals surface area contributed by atoms with Gasteiger partial charge in [0.1, 0.15) is 0 Å². The summed E-state index contributed by atoms with van der Waals surface area (Å²) in [5.41, 5.74) is 2.51. The molecular weight excluding hydrogens is 240 g/mol. The van der Waals surface area contributed by atoms with Crippen LogP contribution in [-0.4, -0.2) is 21.3 Å². The van der Waals surface area contributed by atoms with Gasteiger partial charge in [0, 0.05) is 28.3 Å². The smallest absolute Gasteiger partial charge is 0.303 e. The van der Waals surface area contributed by atoms with Crippen molar-refractivity contribution in [2.45, 2.75) is 12.8 Å². The van der Waals surface area contributed by atoms with E-state index in [1.807, 2.05) is 18.2 Å². The Labute approximate surface area is 103 Å². The van der Waals surface area contributed by atoms with Crippen LogP contribution in [0.1, 0.15) is 12.1 Å². The quantitative estimate of drug-likeness (QED) is 0.877. The third-order valence-corrected chi connectivity index (χ3v) is 2.80. The Kier molecular flexibility index (Phi) is 3.44. The SMILES string of the molecule is O=C(O)CCc1[nH]ncc1-c1ccccc1Cl. The van der Waals surface area contributed by atoms with E-state index in [-0.39, 0.29) is 6.42 Å². The highest BCUT2D eigenvalue weighted by molar-refractivity contribution is 6.33. The van der Waals surface area contributed by atoms with Gasteiger partial charge in [0.15, 0.2) is 0 Å². The van der Waals surface area contributed by atoms with Crippen LogP contribution in [0.3, 0.4) is 0 Å². The van der Waals surface area contributed by atoms with Crippen LogP contribution in [0.5, 0.6) is 0 Å². The number of carbonyl (C=O) groups is 1. The first-order chi connectivity index (χ1) is 8.18. The second kappa shape index (κ2) is 5.01. The zero-order chi connectivity index (χ0) is 12.3. The van der Waals surface area contributed by atoms with Gasteiger partial charge in [0.2, 0.25) is 0 Å². The van der Waals surface area contributed by atoms with E-state index in [1.54, 1.807) is 12.3 Å². The van der Waals surface area contributed by atoms with E-state index >= 15 is 0 Å². The second-order valence-corrected chi connectivity index (χ2v) is 4.04. The molecule has 0 amide bonds. The summed E-state index contributed by atoms with van der Waals surface area (Å²) in [7, 11) is 0. The van der Waals surface area contributed by atoms with Crippen molar-refractivity contribution in [1.82, 2.24) is 10.2 Å². The minimum atomic E-state index is -0.829. The molecule has 0 aliphatic rings. The summed E-state index contributed by atoms with van der Waals surface area (Å²) in [6.45, 7) is 0. The van der Waals surface area contributed by atoms with Gasteiger partial charge in [-0.15, -0.1) is 0 Å². The molecule has 5 heteroatoms. The van der Waals surface area contributed by atoms with Crippen LogP contribution in [0.4, 0.5) is 0 Å². The molecule has 2 N–H and O–H groups in total. The van der Waals surface area contributed by atoms with Gasteiger partial charge in [-0.25, -0.2) is 0 Å². The van der Waals surface area contributed by atoms with Crippen molar-refractivity contribution in [3.8, 4) is 11.1 Å². The van der Waals surface area contributed by atoms with Crippen LogP contribution in [-0.2, 0) is 11.2 Å². The normalized spacial score (nSPS) is 10.4. The maximum atomic E-state index is 10.5. The largest absolute Gasteiger partial charge is 0.481 e. The lowest BCUT2D eigenvalue weighted by molar-refractivity contribution is -0.136. The molecule has 1 heterocycles. The Balaban J connectivity index is 2.31. The number of H-pyrrole nitrogens is 1. The molecule has 0 spiro atoms. The van der Waals surface area contributed by atoms with Crippen molar-refractivity contribution < 1.29 is 9.90 Å². The average molecular weight is 251 g/mol. The first-order valence-electron chi connectivity index (χ1n) is 5.17. The summed E-state index contributed by atoms with van der Waals surface area (Å²) in [5.74, 6) is -0.829. The fraction of sp³-hybridized carbons (Fsp3) is 0.167. The highest BCUT2D eigenvalue weighted by Crippen LogP contribution is 2.29. The summed E-state index contributed by atoms with van der Waals surface area (Å²) in [6, 6.07) is 7.42. The zero-order valence-electron chi connectivity index (χ0n) is 8.98. The van der Waals surface area contributed by atoms with Gasteiger partial charge in [-0.3, -0.25) is 9.89 Å². The summed E-state index contributed by atoms with van der Waals surface area (Å²) in [6.07, 6.45) is 2.15. The number of aryl methyl sites for hydroxylation is 1. The maximum Gasteiger partial charge on any atom is 0.303 e. The highest BCUT2D eigenvalue weighted by Gasteiger charge is 2.11. The molecule has 0 bridgehead atoms. The minimum absolute atomic E-state index is 0.0691. The van der Waals surface area contributed by atoms with Gasteiger partial charge in [-0.05, 0) is 6.07 Å². The van der Waals surface area contributed by atoms with Crippen LogP contribution in [0.15, 0.2) is 30.5 Å². The Morgan fingerprint density at radius 1 is 1.35 bits per heavy atom. The van der Waals surface area contributed by atoms with Crippen molar-refractivity contribution in [3.63, 3.8) is 0 Å². The van der Waals surface area contributed by atoms with Gasteiger partial charge in [0.05, 0.1) is 12.6 Å². The number of aromatic nitrogens is 2. The first kappa shape index (κ1) is 11.7. The molecule has 0 aliphatic carbocycles. The number of carboxylic acids is 1. The summed E-state index contributed by atoms with van der Waals surface area (Å²) < 4.78 is 0. The molecule has 4 nitrogen and oxygen atoms in total. The van der Waals surface area contributed by atoms with Crippen molar-refractivity contribution in [1.29, 1.82) is 0 Å². The Morgan fingerprint density at radius 3 is 2.82 bits per heavy atom. The number of hydrogen-bond donors (Lipinski definition) is 2. The third kappa shape index (κ3) is 2.65. The second-order valence-electron chi connectivity index (χ2n) is 3.64. The molecule has 2 aromatic rings. The number of benzene rings is 1. The fourth-order valence-electron chi connectivity index (χ4n) is 1.65. The van der Waals surface area contributed by atoms with Crippen molar-refractivity contribution in [3.05, 3.63) is 41.2 Å². The molecule has 0 fully saturated rings. The number of nitrogens with one attached hydrogen (secondary N) is 1. The first-order valence-corrected chi connectivity index (χ1v) is 5.55. The third-order valence-electron chi connectivity index (χ3n) is 2.47. The molecule has 17 heavy (non-hydrogen) atoms. The van der Waals surface area contributed by atoms with Crippen molar-refractivity contribution >= 4 is 17.6 Å². The standard InChI is InChI=1S/C12H11ClN2O2/c13-10-4-2-1-3-8(10)9-7-14-15-11(9)5-6-12(16)17/h1-4,7H,5-6H2,(H,14,15)(H,16,17). The number of aliphatic carboxylic acids is 1. The van der Waals surface area contributed by atoms with Gasteiger partial charge in [0.25, 0.3) is 0 Å². The predicted octanol–water partition coefficient (Wildman–Crippen LogP) is 2.75. The summed E-state index contributed by atoms with van der Waals surface area (Å²) >= 11 is 6.09. The van der Waals surface area contributed by atoms with Crippen molar-refractivity contribution in [2.24, 2.45) is 0 Å². The molecule has 2 rings (SSSR count). The number of rotatable bonds is 4. The van der Waals surface area contributed by atoms with Gasteiger partial charge >= 0.3 is 5.97 Å². The lowest BCUT2D eigenvalue weighted by Gasteiger charge is -2.04. The minimum Gasteiger partial charge on any atom is -0.481 e. The van der Waals surface area contributed by atoms with E-state index < -0.39 is 5.97 Å². The predicted molar refractivity (Wildman–Crippen MR) is 65.0 cm³/mol. The van der Waals surface area contributed by atoms with Gasteiger partial charge < -0.3 is 5.11 Å². The highest BCUT2D eigenvalue weighted by atomic mass is 35.5. The molecule has 0 atom stereocenters. The van der Waals surface area contributed by atoms with E-state index in [2.05, 4.69) is 10.2 Å². The van der Waals surface area contributed by atoms with Crippen LogP contribution < -0.4 is 0 Å². The molecular formula is C12H11ClN2O2. The van der Waals surface area contributed by atoms with Crippen molar-refractivity contribution in [2.75, 3.05) is 0 Å². The molecule has 0 aliphatic heterocycles. The molecule has 0 saturated carbocycles. The van der Waals surface area contributed by atoms with E-state index in [1.165, 1.54) is 0 Å². The van der Waals surface area contributed by atoms with Crippen LogP contribution in [0, 0.1) is 0 Å².